The Morgan fingerprint density at radius 1 is 0.707 bits per heavy atom. The number of hydrogen-bond donors (Lipinski definition) is 1. The molecule has 0 bridgehead atoms. The summed E-state index contributed by atoms with van der Waals surface area (Å²) in [6.07, 6.45) is 15.0. The summed E-state index contributed by atoms with van der Waals surface area (Å²) in [5.74, 6) is 2.70. The van der Waals surface area contributed by atoms with Crippen LogP contribution in [0.2, 0.25) is 0 Å². The Hall–Kier alpha value is -2.52. The smallest absolute Gasteiger partial charge is 0.748 e. The summed E-state index contributed by atoms with van der Waals surface area (Å²) in [7, 11) is -2.28. The van der Waals surface area contributed by atoms with Gasteiger partial charge < -0.3 is 14.6 Å². The van der Waals surface area contributed by atoms with Gasteiger partial charge in [-0.05, 0) is 114 Å². The van der Waals surface area contributed by atoms with Crippen LogP contribution in [0.3, 0.4) is 0 Å². The summed E-state index contributed by atoms with van der Waals surface area (Å²) in [5.41, 5.74) is 12.7. The Morgan fingerprint density at radius 2 is 1.21 bits per heavy atom. The van der Waals surface area contributed by atoms with E-state index in [0.717, 1.165) is 22.6 Å². The first kappa shape index (κ1) is 49.8. The molecule has 8 heteroatoms. The molecule has 0 aromatic heterocycles. The molecule has 0 amide bonds. The van der Waals surface area contributed by atoms with E-state index < -0.39 is 10.1 Å². The normalized spacial score (nSPS) is 15.1. The summed E-state index contributed by atoms with van der Waals surface area (Å²) in [4.78, 5) is 0. The van der Waals surface area contributed by atoms with E-state index in [-0.39, 0.29) is 34.4 Å². The molecule has 6 rings (SSSR count). The molecule has 0 radical (unpaired) electrons. The molecule has 4 aromatic carbocycles. The van der Waals surface area contributed by atoms with Crippen molar-refractivity contribution in [3.63, 3.8) is 0 Å². The molecule has 5 nitrogen and oxygen atoms in total. The standard InChI is InChI=1S/C36H55OP.C13H12N.CH4O3S.Pd/c1-24(2)28-22-32(25(3)4)35(33(23-28)26(5)6)31-20-15-21-34(37-27(7)8)36(31)38(29-16-11-9-12-17-29)30-18-13-10-14-19-30;1-14-13-10-6-5-9-12(13)11-7-3-2-4-8-11;1-5(2,3)4;/h15,20-27,29-30H,9-14,16-19H2,1-8H3;2-7,9-10,14H,1H3;1H3,(H,2,3,4);/q;-1;;+2/p-1. The maximum Gasteiger partial charge on any atom is 2.00 e. The van der Waals surface area contributed by atoms with Gasteiger partial charge in [0.2, 0.25) is 0 Å². The molecule has 0 atom stereocenters. The van der Waals surface area contributed by atoms with E-state index in [0.29, 0.717) is 24.0 Å². The Bertz CT molecular complexity index is 1880. The molecular formula is C50H70NO4PPdS. The van der Waals surface area contributed by atoms with Crippen LogP contribution in [0.15, 0.2) is 78.9 Å². The van der Waals surface area contributed by atoms with Crippen LogP contribution >= 0.6 is 7.92 Å². The minimum absolute atomic E-state index is 0. The molecule has 0 aliphatic heterocycles. The van der Waals surface area contributed by atoms with E-state index in [9.17, 15) is 0 Å². The number of nitrogens with one attached hydrogen (secondary N) is 1. The molecule has 320 valence electrons. The Balaban J connectivity index is 0.000000370. The van der Waals surface area contributed by atoms with E-state index in [2.05, 4.69) is 115 Å². The summed E-state index contributed by atoms with van der Waals surface area (Å²) in [6, 6.07) is 31.6. The summed E-state index contributed by atoms with van der Waals surface area (Å²) >= 11 is 0. The molecule has 2 fully saturated rings. The van der Waals surface area contributed by atoms with E-state index in [1.807, 2.05) is 37.4 Å². The third-order valence-corrected chi connectivity index (χ3v) is 14.7. The zero-order chi connectivity index (χ0) is 41.7. The summed E-state index contributed by atoms with van der Waals surface area (Å²) < 4.78 is 34.0. The Labute approximate surface area is 368 Å². The van der Waals surface area contributed by atoms with Gasteiger partial charge in [0.15, 0.2) is 0 Å². The summed E-state index contributed by atoms with van der Waals surface area (Å²) in [5, 5.41) is 4.80. The van der Waals surface area contributed by atoms with Crippen LogP contribution in [0.1, 0.15) is 154 Å². The zero-order valence-electron chi connectivity index (χ0n) is 36.8. The monoisotopic (exact) mass is 917 g/mol. The van der Waals surface area contributed by atoms with Crippen LogP contribution in [0.5, 0.6) is 5.75 Å². The number of para-hydroxylation sites is 1. The number of ether oxygens (including phenoxy) is 1. The second kappa shape index (κ2) is 24.1. The van der Waals surface area contributed by atoms with E-state index in [1.165, 1.54) is 103 Å². The Kier molecular flexibility index (Phi) is 20.7. The van der Waals surface area contributed by atoms with Gasteiger partial charge in [0.05, 0.1) is 16.2 Å². The molecule has 58 heavy (non-hydrogen) atoms. The van der Waals surface area contributed by atoms with Crippen molar-refractivity contribution >= 4 is 29.0 Å². The zero-order valence-corrected chi connectivity index (χ0v) is 40.1. The Morgan fingerprint density at radius 3 is 1.66 bits per heavy atom. The van der Waals surface area contributed by atoms with Gasteiger partial charge in [-0.3, -0.25) is 0 Å². The maximum absolute atomic E-state index is 9.08. The summed E-state index contributed by atoms with van der Waals surface area (Å²) in [6.45, 7) is 18.7. The third kappa shape index (κ3) is 14.6. The predicted octanol–water partition coefficient (Wildman–Crippen LogP) is 13.6. The van der Waals surface area contributed by atoms with Crippen molar-refractivity contribution in [1.29, 1.82) is 0 Å². The van der Waals surface area contributed by atoms with Crippen molar-refractivity contribution in [2.24, 2.45) is 0 Å². The average molecular weight is 919 g/mol. The number of benzene rings is 4. The van der Waals surface area contributed by atoms with Crippen molar-refractivity contribution in [2.75, 3.05) is 18.6 Å². The first-order valence-electron chi connectivity index (χ1n) is 21.5. The molecule has 0 spiro atoms. The fraction of sp³-hybridized carbons (Fsp3) is 0.520. The second-order valence-electron chi connectivity index (χ2n) is 17.1. The molecular weight excluding hydrogens is 848 g/mol. The molecule has 2 saturated carbocycles. The molecule has 4 aromatic rings. The van der Waals surface area contributed by atoms with Crippen LogP contribution in [0, 0.1) is 6.07 Å². The first-order valence-corrected chi connectivity index (χ1v) is 24.8. The van der Waals surface area contributed by atoms with Crippen molar-refractivity contribution < 1.29 is 38.1 Å². The van der Waals surface area contributed by atoms with Gasteiger partial charge >= 0.3 is 20.4 Å². The van der Waals surface area contributed by atoms with Crippen molar-refractivity contribution in [2.45, 2.75) is 155 Å². The average Bonchev–Trinajstić information content (AvgIpc) is 3.18. The van der Waals surface area contributed by atoms with E-state index in [4.69, 9.17) is 17.7 Å². The van der Waals surface area contributed by atoms with Crippen molar-refractivity contribution in [3.05, 3.63) is 102 Å². The largest absolute Gasteiger partial charge is 2.00 e. The van der Waals surface area contributed by atoms with Crippen LogP contribution in [-0.2, 0) is 30.5 Å². The third-order valence-electron chi connectivity index (χ3n) is 11.2. The second-order valence-corrected chi connectivity index (χ2v) is 21.3. The van der Waals surface area contributed by atoms with Gasteiger partial charge in [0, 0.05) is 18.6 Å². The van der Waals surface area contributed by atoms with Gasteiger partial charge in [0.25, 0.3) is 0 Å². The minimum Gasteiger partial charge on any atom is -0.748 e. The van der Waals surface area contributed by atoms with Gasteiger partial charge in [-0.1, -0.05) is 136 Å². The van der Waals surface area contributed by atoms with Gasteiger partial charge in [0.1, 0.15) is 5.75 Å². The van der Waals surface area contributed by atoms with Crippen LogP contribution in [0.25, 0.3) is 22.3 Å². The molecule has 0 heterocycles. The van der Waals surface area contributed by atoms with Gasteiger partial charge in [-0.2, -0.15) is 0 Å². The number of hydrogen-bond acceptors (Lipinski definition) is 5. The SMILES string of the molecule is CC(C)Oc1cccc(-c2c(C(C)C)cc(C(C)C)cc2C(C)C)c1P(C1CCCCC1)C1CCCCC1.CNc1ccccc1-c1[c-]cccc1.CS(=O)(=O)[O-].[Pd+2]. The molecule has 0 unspecified atom stereocenters. The van der Waals surface area contributed by atoms with Crippen LogP contribution in [0.4, 0.5) is 5.69 Å². The quantitative estimate of drug-likeness (QED) is 0.0702. The predicted molar refractivity (Wildman–Crippen MR) is 246 cm³/mol. The van der Waals surface area contributed by atoms with E-state index in [1.54, 1.807) is 5.30 Å². The topological polar surface area (TPSA) is 78.5 Å². The van der Waals surface area contributed by atoms with Crippen molar-refractivity contribution in [3.8, 4) is 28.0 Å². The van der Waals surface area contributed by atoms with Crippen molar-refractivity contribution in [1.82, 2.24) is 0 Å². The van der Waals surface area contributed by atoms with Gasteiger partial charge in [-0.25, -0.2) is 8.42 Å². The minimum atomic E-state index is -3.92. The van der Waals surface area contributed by atoms with Crippen LogP contribution < -0.4 is 15.4 Å². The van der Waals surface area contributed by atoms with E-state index >= 15 is 0 Å². The number of anilines is 1. The van der Waals surface area contributed by atoms with Crippen LogP contribution in [-0.4, -0.2) is 43.7 Å². The number of rotatable bonds is 11. The fourth-order valence-electron chi connectivity index (χ4n) is 8.48. The fourth-order valence-corrected chi connectivity index (χ4v) is 12.5. The first-order chi connectivity index (χ1) is 27.1. The maximum atomic E-state index is 9.08. The molecule has 1 N–H and O–H groups in total. The molecule has 0 saturated heterocycles. The van der Waals surface area contributed by atoms with Gasteiger partial charge in [-0.15, -0.1) is 35.9 Å². The molecule has 2 aliphatic carbocycles. The molecule has 2 aliphatic rings.